The summed E-state index contributed by atoms with van der Waals surface area (Å²) in [6, 6.07) is 1.91. The summed E-state index contributed by atoms with van der Waals surface area (Å²) >= 11 is 8.22. The molecule has 0 unspecified atom stereocenters. The van der Waals surface area contributed by atoms with E-state index in [1.165, 1.54) is 0 Å². The molecule has 0 spiro atoms. The van der Waals surface area contributed by atoms with Crippen LogP contribution in [0.3, 0.4) is 0 Å². The predicted octanol–water partition coefficient (Wildman–Crippen LogP) is 3.25. The maximum Gasteiger partial charge on any atom is 0.0866 e. The summed E-state index contributed by atoms with van der Waals surface area (Å²) in [5.41, 5.74) is 0.909. The van der Waals surface area contributed by atoms with Gasteiger partial charge in [-0.2, -0.15) is 0 Å². The first-order valence-electron chi connectivity index (χ1n) is 2.15. The van der Waals surface area contributed by atoms with Gasteiger partial charge in [-0.05, 0) is 37.9 Å². The summed E-state index contributed by atoms with van der Waals surface area (Å²) in [6.45, 7) is 0. The standard InChI is InChI=1S/C6H2Br2S/c1-2-4-3-5(7)9-6(4)8/h1,3H. The Labute approximate surface area is 74.5 Å². The van der Waals surface area contributed by atoms with Crippen LogP contribution in [0, 0.1) is 12.3 Å². The quantitative estimate of drug-likeness (QED) is 0.632. The average Bonchev–Trinajstić information content (AvgIpc) is 2.10. The van der Waals surface area contributed by atoms with Gasteiger partial charge in [0.15, 0.2) is 0 Å². The van der Waals surface area contributed by atoms with Crippen LogP contribution in [0.1, 0.15) is 5.56 Å². The second-order valence-electron chi connectivity index (χ2n) is 1.38. The van der Waals surface area contributed by atoms with Crippen molar-refractivity contribution in [1.29, 1.82) is 0 Å². The summed E-state index contributed by atoms with van der Waals surface area (Å²) in [7, 11) is 0. The highest BCUT2D eigenvalue weighted by atomic mass is 79.9. The molecular formula is C6H2Br2S. The van der Waals surface area contributed by atoms with E-state index >= 15 is 0 Å². The Morgan fingerprint density at radius 1 is 1.56 bits per heavy atom. The minimum absolute atomic E-state index is 0.909. The molecule has 0 amide bonds. The van der Waals surface area contributed by atoms with Gasteiger partial charge in [-0.15, -0.1) is 17.8 Å². The number of halogens is 2. The maximum absolute atomic E-state index is 5.17. The zero-order chi connectivity index (χ0) is 6.85. The maximum atomic E-state index is 5.17. The van der Waals surface area contributed by atoms with Crippen molar-refractivity contribution in [3.05, 3.63) is 19.2 Å². The number of rotatable bonds is 0. The molecule has 9 heavy (non-hydrogen) atoms. The molecule has 0 aliphatic heterocycles. The highest BCUT2D eigenvalue weighted by Crippen LogP contribution is 2.30. The van der Waals surface area contributed by atoms with Crippen LogP contribution in [-0.2, 0) is 0 Å². The molecular weight excluding hydrogens is 264 g/mol. The molecule has 1 heterocycles. The van der Waals surface area contributed by atoms with Crippen molar-refractivity contribution < 1.29 is 0 Å². The van der Waals surface area contributed by atoms with E-state index in [4.69, 9.17) is 6.42 Å². The third kappa shape index (κ3) is 1.57. The number of thiophene rings is 1. The van der Waals surface area contributed by atoms with Crippen LogP contribution in [0.2, 0.25) is 0 Å². The molecule has 0 aromatic carbocycles. The highest BCUT2D eigenvalue weighted by Gasteiger charge is 1.99. The summed E-state index contributed by atoms with van der Waals surface area (Å²) in [6.07, 6.45) is 5.17. The Kier molecular flexibility index (Phi) is 2.34. The van der Waals surface area contributed by atoms with Crippen molar-refractivity contribution in [2.75, 3.05) is 0 Å². The molecule has 1 rings (SSSR count). The monoisotopic (exact) mass is 264 g/mol. The fraction of sp³-hybridized carbons (Fsp3) is 0. The fourth-order valence-corrected chi connectivity index (χ4v) is 3.13. The Morgan fingerprint density at radius 2 is 2.22 bits per heavy atom. The third-order valence-electron chi connectivity index (χ3n) is 0.812. The Bertz CT molecular complexity index is 257. The summed E-state index contributed by atoms with van der Waals surface area (Å²) in [5, 5.41) is 0. The molecule has 46 valence electrons. The lowest BCUT2D eigenvalue weighted by Crippen LogP contribution is -1.60. The van der Waals surface area contributed by atoms with Crippen LogP contribution in [0.25, 0.3) is 0 Å². The van der Waals surface area contributed by atoms with Gasteiger partial charge in [0.25, 0.3) is 0 Å². The van der Waals surface area contributed by atoms with Crippen molar-refractivity contribution in [2.45, 2.75) is 0 Å². The largest absolute Gasteiger partial charge is 0.120 e. The van der Waals surface area contributed by atoms with Gasteiger partial charge in [0.05, 0.1) is 13.1 Å². The van der Waals surface area contributed by atoms with E-state index < -0.39 is 0 Å². The number of hydrogen-bond acceptors (Lipinski definition) is 1. The van der Waals surface area contributed by atoms with Gasteiger partial charge >= 0.3 is 0 Å². The van der Waals surface area contributed by atoms with E-state index in [2.05, 4.69) is 37.8 Å². The lowest BCUT2D eigenvalue weighted by molar-refractivity contribution is 1.80. The summed E-state index contributed by atoms with van der Waals surface area (Å²) in [5.74, 6) is 2.55. The summed E-state index contributed by atoms with van der Waals surface area (Å²) < 4.78 is 2.07. The lowest BCUT2D eigenvalue weighted by Gasteiger charge is -1.77. The molecule has 0 saturated carbocycles. The molecule has 0 atom stereocenters. The van der Waals surface area contributed by atoms with E-state index in [1.807, 2.05) is 6.07 Å². The minimum Gasteiger partial charge on any atom is -0.120 e. The average molecular weight is 266 g/mol. The van der Waals surface area contributed by atoms with Crippen LogP contribution in [0.15, 0.2) is 13.6 Å². The predicted molar refractivity (Wildman–Crippen MR) is 47.7 cm³/mol. The van der Waals surface area contributed by atoms with Crippen LogP contribution < -0.4 is 0 Å². The molecule has 0 bridgehead atoms. The lowest BCUT2D eigenvalue weighted by atomic mass is 10.4. The first-order valence-corrected chi connectivity index (χ1v) is 4.55. The van der Waals surface area contributed by atoms with Gasteiger partial charge in [0.2, 0.25) is 0 Å². The van der Waals surface area contributed by atoms with Crippen molar-refractivity contribution >= 4 is 43.2 Å². The van der Waals surface area contributed by atoms with E-state index in [-0.39, 0.29) is 0 Å². The van der Waals surface area contributed by atoms with E-state index in [9.17, 15) is 0 Å². The van der Waals surface area contributed by atoms with Gasteiger partial charge in [0, 0.05) is 0 Å². The minimum atomic E-state index is 0.909. The second-order valence-corrected chi connectivity index (χ2v) is 5.13. The van der Waals surface area contributed by atoms with E-state index in [0.717, 1.165) is 13.1 Å². The fourth-order valence-electron chi connectivity index (χ4n) is 0.439. The molecule has 1 aromatic heterocycles. The molecule has 0 nitrogen and oxygen atoms in total. The SMILES string of the molecule is C#Cc1cc(Br)sc1Br. The molecule has 0 aliphatic rings. The normalized spacial score (nSPS) is 9.00. The molecule has 0 N–H and O–H groups in total. The topological polar surface area (TPSA) is 0 Å². The third-order valence-corrected chi connectivity index (χ3v) is 3.15. The molecule has 0 radical (unpaired) electrons. The highest BCUT2D eigenvalue weighted by molar-refractivity contribution is 9.12. The van der Waals surface area contributed by atoms with Crippen LogP contribution in [0.5, 0.6) is 0 Å². The second kappa shape index (κ2) is 2.87. The molecule has 3 heteroatoms. The van der Waals surface area contributed by atoms with Gasteiger partial charge in [0.1, 0.15) is 0 Å². The van der Waals surface area contributed by atoms with Crippen molar-refractivity contribution in [2.24, 2.45) is 0 Å². The van der Waals surface area contributed by atoms with Gasteiger partial charge in [-0.1, -0.05) is 5.92 Å². The van der Waals surface area contributed by atoms with Gasteiger partial charge in [-0.25, -0.2) is 0 Å². The Morgan fingerprint density at radius 3 is 2.44 bits per heavy atom. The molecule has 1 aromatic rings. The number of hydrogen-bond donors (Lipinski definition) is 0. The molecule has 0 fully saturated rings. The van der Waals surface area contributed by atoms with Crippen molar-refractivity contribution in [3.8, 4) is 12.3 Å². The molecule has 0 saturated heterocycles. The van der Waals surface area contributed by atoms with Crippen molar-refractivity contribution in [3.63, 3.8) is 0 Å². The van der Waals surface area contributed by atoms with Crippen molar-refractivity contribution in [1.82, 2.24) is 0 Å². The first kappa shape index (κ1) is 7.33. The van der Waals surface area contributed by atoms with Crippen LogP contribution in [-0.4, -0.2) is 0 Å². The Hall–Kier alpha value is 0.220. The van der Waals surface area contributed by atoms with Gasteiger partial charge < -0.3 is 0 Å². The molecule has 0 aliphatic carbocycles. The van der Waals surface area contributed by atoms with Gasteiger partial charge in [-0.3, -0.25) is 0 Å². The van der Waals surface area contributed by atoms with E-state index in [0.29, 0.717) is 0 Å². The zero-order valence-electron chi connectivity index (χ0n) is 4.32. The van der Waals surface area contributed by atoms with Crippen LogP contribution >= 0.6 is 43.2 Å². The summed E-state index contributed by atoms with van der Waals surface area (Å²) in [4.78, 5) is 0. The Balaban J connectivity index is 3.20. The van der Waals surface area contributed by atoms with E-state index in [1.54, 1.807) is 11.3 Å². The van der Waals surface area contributed by atoms with Crippen LogP contribution in [0.4, 0.5) is 0 Å². The smallest absolute Gasteiger partial charge is 0.0866 e. The first-order chi connectivity index (χ1) is 4.24. The number of terminal acetylenes is 1. The zero-order valence-corrected chi connectivity index (χ0v) is 8.31.